The van der Waals surface area contributed by atoms with Crippen LogP contribution >= 0.6 is 22.7 Å². The number of nitrogens with one attached hydrogen (secondary N) is 1. The van der Waals surface area contributed by atoms with E-state index in [4.69, 9.17) is 0 Å². The van der Waals surface area contributed by atoms with Crippen molar-refractivity contribution in [3.8, 4) is 0 Å². The number of carbonyl (C=O) groups excluding carboxylic acids is 1. The van der Waals surface area contributed by atoms with Crippen molar-refractivity contribution < 1.29 is 9.90 Å². The quantitative estimate of drug-likeness (QED) is 0.909. The third-order valence-corrected chi connectivity index (χ3v) is 5.19. The van der Waals surface area contributed by atoms with E-state index >= 15 is 0 Å². The van der Waals surface area contributed by atoms with Gasteiger partial charge in [0.25, 0.3) is 5.91 Å². The van der Waals surface area contributed by atoms with Gasteiger partial charge in [0.15, 0.2) is 5.60 Å². The first-order valence-electron chi connectivity index (χ1n) is 7.05. The number of thiophene rings is 2. The highest BCUT2D eigenvalue weighted by atomic mass is 32.1. The minimum atomic E-state index is -1.61. The summed E-state index contributed by atoms with van der Waals surface area (Å²) in [6.07, 6.45) is 3.36. The Bertz CT molecular complexity index is 541. The molecule has 0 radical (unpaired) electrons. The van der Waals surface area contributed by atoms with Crippen molar-refractivity contribution in [1.29, 1.82) is 0 Å². The van der Waals surface area contributed by atoms with E-state index in [0.29, 0.717) is 11.1 Å². The van der Waals surface area contributed by atoms with Gasteiger partial charge in [-0.25, -0.2) is 5.01 Å². The molecule has 21 heavy (non-hydrogen) atoms. The summed E-state index contributed by atoms with van der Waals surface area (Å²) in [6, 6.07) is 3.61. The fraction of sp³-hybridized carbons (Fsp3) is 0.400. The summed E-state index contributed by atoms with van der Waals surface area (Å²) in [5, 5.41) is 20.4. The predicted octanol–water partition coefficient (Wildman–Crippen LogP) is 2.56. The van der Waals surface area contributed by atoms with E-state index in [0.717, 1.165) is 25.9 Å². The molecule has 0 aliphatic carbocycles. The average molecular weight is 322 g/mol. The van der Waals surface area contributed by atoms with Crippen molar-refractivity contribution in [2.45, 2.75) is 24.9 Å². The molecular weight excluding hydrogens is 304 g/mol. The summed E-state index contributed by atoms with van der Waals surface area (Å²) in [6.45, 7) is 1.68. The molecule has 4 nitrogen and oxygen atoms in total. The smallest absolute Gasteiger partial charge is 0.275 e. The number of hydrazine groups is 1. The Labute approximate surface area is 132 Å². The Morgan fingerprint density at radius 2 is 1.67 bits per heavy atom. The van der Waals surface area contributed by atoms with Gasteiger partial charge in [0.2, 0.25) is 0 Å². The van der Waals surface area contributed by atoms with Crippen LogP contribution in [-0.2, 0) is 10.4 Å². The van der Waals surface area contributed by atoms with Gasteiger partial charge < -0.3 is 5.11 Å². The van der Waals surface area contributed by atoms with Crippen molar-refractivity contribution in [2.75, 3.05) is 13.1 Å². The minimum absolute atomic E-state index is 0.374. The van der Waals surface area contributed by atoms with Crippen LogP contribution in [0.15, 0.2) is 33.7 Å². The first-order chi connectivity index (χ1) is 10.2. The van der Waals surface area contributed by atoms with E-state index in [2.05, 4.69) is 5.43 Å². The second kappa shape index (κ2) is 6.27. The maximum Gasteiger partial charge on any atom is 0.275 e. The molecule has 3 rings (SSSR count). The number of nitrogens with zero attached hydrogens (tertiary/aromatic N) is 1. The Balaban J connectivity index is 1.87. The predicted molar refractivity (Wildman–Crippen MR) is 85.2 cm³/mol. The summed E-state index contributed by atoms with van der Waals surface area (Å²) < 4.78 is 0. The first kappa shape index (κ1) is 14.7. The summed E-state index contributed by atoms with van der Waals surface area (Å²) in [7, 11) is 0. The molecule has 0 aromatic carbocycles. The number of amides is 1. The van der Waals surface area contributed by atoms with Crippen LogP contribution in [0.3, 0.4) is 0 Å². The van der Waals surface area contributed by atoms with Crippen LogP contribution < -0.4 is 5.43 Å². The van der Waals surface area contributed by atoms with Crippen LogP contribution in [0, 0.1) is 0 Å². The van der Waals surface area contributed by atoms with Gasteiger partial charge in [-0.15, -0.1) is 0 Å². The molecule has 1 aliphatic rings. The van der Waals surface area contributed by atoms with E-state index in [-0.39, 0.29) is 5.91 Å². The first-order valence-corrected chi connectivity index (χ1v) is 8.93. The third-order valence-electron chi connectivity index (χ3n) is 3.82. The standard InChI is InChI=1S/C15H18N2O2S2/c18-14(16-17-6-2-1-3-7-17)15(19,12-4-8-20-10-12)13-5-9-21-11-13/h4-5,8-11,19H,1-3,6-7H2,(H,16,18). The SMILES string of the molecule is O=C(NN1CCCCC1)C(O)(c1ccsc1)c1ccsc1. The van der Waals surface area contributed by atoms with E-state index in [9.17, 15) is 9.90 Å². The van der Waals surface area contributed by atoms with Crippen molar-refractivity contribution >= 4 is 28.6 Å². The van der Waals surface area contributed by atoms with Crippen LogP contribution in [-0.4, -0.2) is 29.1 Å². The summed E-state index contributed by atoms with van der Waals surface area (Å²) >= 11 is 2.95. The molecule has 2 aromatic heterocycles. The lowest BCUT2D eigenvalue weighted by atomic mass is 9.89. The molecule has 2 aromatic rings. The molecule has 0 spiro atoms. The number of aliphatic hydroxyl groups is 1. The Kier molecular flexibility index (Phi) is 4.40. The van der Waals surface area contributed by atoms with Crippen LogP contribution in [0.25, 0.3) is 0 Å². The molecule has 0 bridgehead atoms. The monoisotopic (exact) mass is 322 g/mol. The number of hydrogen-bond donors (Lipinski definition) is 2. The molecular formula is C15H18N2O2S2. The van der Waals surface area contributed by atoms with E-state index in [1.165, 1.54) is 29.1 Å². The molecule has 1 aliphatic heterocycles. The molecule has 1 amide bonds. The van der Waals surface area contributed by atoms with Gasteiger partial charge in [0, 0.05) is 24.2 Å². The van der Waals surface area contributed by atoms with Crippen molar-refractivity contribution in [3.05, 3.63) is 44.8 Å². The molecule has 3 heterocycles. The lowest BCUT2D eigenvalue weighted by Crippen LogP contribution is -2.53. The average Bonchev–Trinajstić information content (AvgIpc) is 3.21. The van der Waals surface area contributed by atoms with Crippen LogP contribution in [0.4, 0.5) is 0 Å². The Hall–Kier alpha value is -1.21. The van der Waals surface area contributed by atoms with Gasteiger partial charge in [-0.3, -0.25) is 10.2 Å². The Morgan fingerprint density at radius 3 is 2.14 bits per heavy atom. The highest BCUT2D eigenvalue weighted by Gasteiger charge is 2.41. The van der Waals surface area contributed by atoms with Crippen LogP contribution in [0.1, 0.15) is 30.4 Å². The lowest BCUT2D eigenvalue weighted by molar-refractivity contribution is -0.142. The zero-order valence-corrected chi connectivity index (χ0v) is 13.3. The largest absolute Gasteiger partial charge is 0.372 e. The van der Waals surface area contributed by atoms with Crippen molar-refractivity contribution in [1.82, 2.24) is 10.4 Å². The van der Waals surface area contributed by atoms with Gasteiger partial charge in [-0.05, 0) is 46.5 Å². The van der Waals surface area contributed by atoms with Gasteiger partial charge in [-0.1, -0.05) is 6.42 Å². The molecule has 1 saturated heterocycles. The maximum absolute atomic E-state index is 12.7. The van der Waals surface area contributed by atoms with E-state index < -0.39 is 5.60 Å². The second-order valence-electron chi connectivity index (χ2n) is 5.22. The highest BCUT2D eigenvalue weighted by Crippen LogP contribution is 2.33. The molecule has 0 unspecified atom stereocenters. The fourth-order valence-electron chi connectivity index (χ4n) is 2.60. The summed E-state index contributed by atoms with van der Waals surface area (Å²) in [5.74, 6) is -0.374. The van der Waals surface area contributed by atoms with E-state index in [1.54, 1.807) is 12.1 Å². The fourth-order valence-corrected chi connectivity index (χ4v) is 4.00. The third kappa shape index (κ3) is 2.89. The molecule has 0 atom stereocenters. The molecule has 0 saturated carbocycles. The number of carbonyl (C=O) groups is 1. The number of hydrogen-bond acceptors (Lipinski definition) is 5. The van der Waals surface area contributed by atoms with Crippen LogP contribution in [0.5, 0.6) is 0 Å². The van der Waals surface area contributed by atoms with Crippen molar-refractivity contribution in [2.24, 2.45) is 0 Å². The molecule has 112 valence electrons. The minimum Gasteiger partial charge on any atom is -0.372 e. The number of piperidine rings is 1. The lowest BCUT2D eigenvalue weighted by Gasteiger charge is -2.32. The van der Waals surface area contributed by atoms with E-state index in [1.807, 2.05) is 26.5 Å². The molecule has 2 N–H and O–H groups in total. The Morgan fingerprint density at radius 1 is 1.10 bits per heavy atom. The maximum atomic E-state index is 12.7. The van der Waals surface area contributed by atoms with Gasteiger partial charge in [0.1, 0.15) is 0 Å². The van der Waals surface area contributed by atoms with Crippen molar-refractivity contribution in [3.63, 3.8) is 0 Å². The van der Waals surface area contributed by atoms with Gasteiger partial charge >= 0.3 is 0 Å². The normalized spacial score (nSPS) is 16.8. The second-order valence-corrected chi connectivity index (χ2v) is 6.78. The topological polar surface area (TPSA) is 52.6 Å². The highest BCUT2D eigenvalue weighted by molar-refractivity contribution is 7.08. The van der Waals surface area contributed by atoms with Gasteiger partial charge in [-0.2, -0.15) is 22.7 Å². The number of rotatable bonds is 4. The molecule has 1 fully saturated rings. The zero-order chi connectivity index (χ0) is 14.7. The van der Waals surface area contributed by atoms with Crippen LogP contribution in [0.2, 0.25) is 0 Å². The zero-order valence-electron chi connectivity index (χ0n) is 11.6. The summed E-state index contributed by atoms with van der Waals surface area (Å²) in [5.41, 5.74) is 2.53. The molecule has 6 heteroatoms. The van der Waals surface area contributed by atoms with Gasteiger partial charge in [0.05, 0.1) is 0 Å². The summed E-state index contributed by atoms with van der Waals surface area (Å²) in [4.78, 5) is 12.7.